The third-order valence-electron chi connectivity index (χ3n) is 2.74. The zero-order valence-electron chi connectivity index (χ0n) is 9.46. The van der Waals surface area contributed by atoms with Crippen LogP contribution in [0.2, 0.25) is 0 Å². The van der Waals surface area contributed by atoms with Gasteiger partial charge < -0.3 is 21.3 Å². The fraction of sp³-hybridized carbons (Fsp3) is 0.800. The summed E-state index contributed by atoms with van der Waals surface area (Å²) in [5.41, 5.74) is 5.00. The number of carbonyl (C=O) groups excluding carboxylic acids is 1. The van der Waals surface area contributed by atoms with E-state index in [1.807, 2.05) is 0 Å². The lowest BCUT2D eigenvalue weighted by Gasteiger charge is -2.18. The van der Waals surface area contributed by atoms with Crippen molar-refractivity contribution < 1.29 is 19.8 Å². The van der Waals surface area contributed by atoms with Gasteiger partial charge in [0.25, 0.3) is 0 Å². The van der Waals surface area contributed by atoms with Crippen molar-refractivity contribution in [1.29, 1.82) is 0 Å². The molecule has 5 N–H and O–H groups in total. The van der Waals surface area contributed by atoms with Gasteiger partial charge in [0.1, 0.15) is 0 Å². The van der Waals surface area contributed by atoms with Crippen LogP contribution >= 0.6 is 11.8 Å². The summed E-state index contributed by atoms with van der Waals surface area (Å²) in [4.78, 5) is 21.0. The van der Waals surface area contributed by atoms with Gasteiger partial charge in [-0.05, 0) is 12.8 Å². The largest absolute Gasteiger partial charge is 0.481 e. The number of nitrogens with two attached hydrogens (primary N) is 1. The summed E-state index contributed by atoms with van der Waals surface area (Å²) < 4.78 is 0. The van der Waals surface area contributed by atoms with E-state index in [4.69, 9.17) is 10.8 Å². The number of urea groups is 1. The molecule has 3 atom stereocenters. The molecule has 0 unspecified atom stereocenters. The second-order valence-electron chi connectivity index (χ2n) is 4.12. The van der Waals surface area contributed by atoms with Gasteiger partial charge in [-0.2, -0.15) is 11.8 Å². The van der Waals surface area contributed by atoms with Crippen LogP contribution in [0.1, 0.15) is 25.7 Å². The first kappa shape index (κ1) is 14.1. The predicted octanol–water partition coefficient (Wildman–Crippen LogP) is 0.145. The Kier molecular flexibility index (Phi) is 5.57. The number of rotatable bonds is 6. The van der Waals surface area contributed by atoms with E-state index in [-0.39, 0.29) is 17.7 Å². The molecule has 1 heterocycles. The van der Waals surface area contributed by atoms with Crippen LogP contribution in [0.15, 0.2) is 0 Å². The van der Waals surface area contributed by atoms with Crippen LogP contribution in [-0.2, 0) is 4.79 Å². The number of amides is 2. The van der Waals surface area contributed by atoms with Gasteiger partial charge in [0.15, 0.2) is 0 Å². The maximum Gasteiger partial charge on any atom is 0.312 e. The topological polar surface area (TPSA) is 113 Å². The number of carbonyl (C=O) groups is 2. The first-order chi connectivity index (χ1) is 8.00. The molecule has 0 aromatic carbocycles. The monoisotopic (exact) mass is 262 g/mol. The highest BCUT2D eigenvalue weighted by Gasteiger charge is 2.35. The minimum absolute atomic E-state index is 0.0562. The van der Waals surface area contributed by atoms with E-state index in [1.165, 1.54) is 0 Å². The van der Waals surface area contributed by atoms with Crippen LogP contribution in [0.25, 0.3) is 0 Å². The molecule has 17 heavy (non-hydrogen) atoms. The van der Waals surface area contributed by atoms with E-state index in [9.17, 15) is 14.7 Å². The standard InChI is InChI=1S/C10H18N2O4S/c11-10(16)12-6-5-17-7(9(6)15)3-1-2-4-8(13)14/h6-7,9,15H,1-5H2,(H,13,14)(H3,11,12,16)/t6-,7+,9+/m1/s1. The molecule has 0 radical (unpaired) electrons. The second-order valence-corrected chi connectivity index (χ2v) is 5.39. The molecule has 0 spiro atoms. The number of thioether (sulfide) groups is 1. The molecule has 0 aromatic rings. The Morgan fingerprint density at radius 1 is 1.41 bits per heavy atom. The highest BCUT2D eigenvalue weighted by Crippen LogP contribution is 2.31. The number of hydrogen-bond donors (Lipinski definition) is 4. The zero-order chi connectivity index (χ0) is 12.8. The quantitative estimate of drug-likeness (QED) is 0.509. The van der Waals surface area contributed by atoms with Gasteiger partial charge in [0.2, 0.25) is 0 Å². The number of hydrogen-bond acceptors (Lipinski definition) is 4. The Hall–Kier alpha value is -0.950. The number of aliphatic hydroxyl groups is 1. The summed E-state index contributed by atoms with van der Waals surface area (Å²) in [6, 6.07) is -0.914. The third-order valence-corrected chi connectivity index (χ3v) is 4.23. The summed E-state index contributed by atoms with van der Waals surface area (Å²) in [5, 5.41) is 20.9. The van der Waals surface area contributed by atoms with Gasteiger partial charge in [0, 0.05) is 17.4 Å². The van der Waals surface area contributed by atoms with Crippen molar-refractivity contribution in [3.63, 3.8) is 0 Å². The highest BCUT2D eigenvalue weighted by molar-refractivity contribution is 8.00. The molecule has 0 bridgehead atoms. The fourth-order valence-corrected chi connectivity index (χ4v) is 3.32. The molecule has 1 aliphatic heterocycles. The highest BCUT2D eigenvalue weighted by atomic mass is 32.2. The molecule has 1 aliphatic rings. The van der Waals surface area contributed by atoms with Crippen LogP contribution in [0, 0.1) is 0 Å². The minimum atomic E-state index is -0.794. The molecule has 0 aromatic heterocycles. The average molecular weight is 262 g/mol. The van der Waals surface area contributed by atoms with E-state index in [0.29, 0.717) is 12.2 Å². The first-order valence-corrected chi connectivity index (χ1v) is 6.63. The van der Waals surface area contributed by atoms with Crippen molar-refractivity contribution in [2.24, 2.45) is 5.73 Å². The van der Waals surface area contributed by atoms with Crippen molar-refractivity contribution in [2.45, 2.75) is 43.1 Å². The summed E-state index contributed by atoms with van der Waals surface area (Å²) >= 11 is 1.59. The summed E-state index contributed by atoms with van der Waals surface area (Å²) in [7, 11) is 0. The SMILES string of the molecule is NC(=O)N[C@@H]1CS[C@@H](CCCCC(=O)O)[C@H]1O. The van der Waals surface area contributed by atoms with E-state index in [0.717, 1.165) is 12.8 Å². The van der Waals surface area contributed by atoms with Crippen LogP contribution < -0.4 is 11.1 Å². The number of primary amides is 1. The number of nitrogens with one attached hydrogen (secondary N) is 1. The minimum Gasteiger partial charge on any atom is -0.481 e. The lowest BCUT2D eigenvalue weighted by Crippen LogP contribution is -2.46. The maximum atomic E-state index is 10.7. The molecule has 0 aliphatic carbocycles. The van der Waals surface area contributed by atoms with Gasteiger partial charge >= 0.3 is 12.0 Å². The Bertz CT molecular complexity index is 287. The van der Waals surface area contributed by atoms with E-state index >= 15 is 0 Å². The maximum absolute atomic E-state index is 10.7. The van der Waals surface area contributed by atoms with Crippen molar-refractivity contribution in [3.05, 3.63) is 0 Å². The summed E-state index contributed by atoms with van der Waals surface area (Å²) in [6.07, 6.45) is 1.71. The number of carboxylic acid groups (broad SMARTS) is 1. The molecule has 1 rings (SSSR count). The van der Waals surface area contributed by atoms with Crippen molar-refractivity contribution in [3.8, 4) is 0 Å². The van der Waals surface area contributed by atoms with Gasteiger partial charge in [-0.15, -0.1) is 0 Å². The Morgan fingerprint density at radius 2 is 2.12 bits per heavy atom. The van der Waals surface area contributed by atoms with Crippen LogP contribution in [-0.4, -0.2) is 45.4 Å². The molecule has 2 amide bonds. The third kappa shape index (κ3) is 4.82. The molecule has 6 nitrogen and oxygen atoms in total. The molecule has 0 saturated carbocycles. The summed E-state index contributed by atoms with van der Waals surface area (Å²) in [6.45, 7) is 0. The summed E-state index contributed by atoms with van der Waals surface area (Å²) in [5.74, 6) is -0.147. The number of aliphatic hydroxyl groups excluding tert-OH is 1. The lowest BCUT2D eigenvalue weighted by atomic mass is 10.0. The number of aliphatic carboxylic acids is 1. The van der Waals surface area contributed by atoms with E-state index < -0.39 is 18.1 Å². The molecule has 98 valence electrons. The molecule has 7 heteroatoms. The van der Waals surface area contributed by atoms with E-state index in [2.05, 4.69) is 5.32 Å². The number of carboxylic acids is 1. The van der Waals surface area contributed by atoms with Gasteiger partial charge in [-0.3, -0.25) is 4.79 Å². The Labute approximate surface area is 104 Å². The van der Waals surface area contributed by atoms with Gasteiger partial charge in [-0.1, -0.05) is 6.42 Å². The lowest BCUT2D eigenvalue weighted by molar-refractivity contribution is -0.137. The van der Waals surface area contributed by atoms with E-state index in [1.54, 1.807) is 11.8 Å². The normalized spacial score (nSPS) is 27.9. The van der Waals surface area contributed by atoms with Crippen LogP contribution in [0.5, 0.6) is 0 Å². The van der Waals surface area contributed by atoms with Crippen molar-refractivity contribution in [2.75, 3.05) is 5.75 Å². The average Bonchev–Trinajstić information content (AvgIpc) is 2.55. The molecular formula is C10H18N2O4S. The Balaban J connectivity index is 2.22. The Morgan fingerprint density at radius 3 is 2.71 bits per heavy atom. The zero-order valence-corrected chi connectivity index (χ0v) is 10.3. The van der Waals surface area contributed by atoms with Crippen molar-refractivity contribution in [1.82, 2.24) is 5.32 Å². The van der Waals surface area contributed by atoms with Crippen molar-refractivity contribution >= 4 is 23.8 Å². The first-order valence-electron chi connectivity index (χ1n) is 5.58. The predicted molar refractivity (Wildman–Crippen MR) is 64.9 cm³/mol. The smallest absolute Gasteiger partial charge is 0.312 e. The van der Waals surface area contributed by atoms with Crippen LogP contribution in [0.4, 0.5) is 4.79 Å². The molecule has 1 saturated heterocycles. The molecular weight excluding hydrogens is 244 g/mol. The number of unbranched alkanes of at least 4 members (excludes halogenated alkanes) is 1. The second kappa shape index (κ2) is 6.70. The molecule has 1 fully saturated rings. The van der Waals surface area contributed by atoms with Crippen LogP contribution in [0.3, 0.4) is 0 Å². The fourth-order valence-electron chi connectivity index (χ4n) is 1.87. The van der Waals surface area contributed by atoms with Gasteiger partial charge in [0.05, 0.1) is 12.1 Å². The van der Waals surface area contributed by atoms with Gasteiger partial charge in [-0.25, -0.2) is 4.79 Å².